The minimum absolute atomic E-state index is 0.912. The zero-order valence-electron chi connectivity index (χ0n) is 35.6. The molecule has 0 unspecified atom stereocenters. The number of aromatic nitrogens is 2. The maximum absolute atomic E-state index is 6.40. The van der Waals surface area contributed by atoms with Crippen molar-refractivity contribution >= 4 is 99.1 Å². The van der Waals surface area contributed by atoms with E-state index in [9.17, 15) is 0 Å². The lowest BCUT2D eigenvalue weighted by molar-refractivity contribution is 0.670. The van der Waals surface area contributed by atoms with Crippen LogP contribution in [-0.4, -0.2) is 9.13 Å². The molecule has 306 valence electrons. The van der Waals surface area contributed by atoms with E-state index in [4.69, 9.17) is 4.42 Å². The van der Waals surface area contributed by atoms with E-state index in [2.05, 4.69) is 217 Å². The van der Waals surface area contributed by atoms with Crippen LogP contribution in [0.15, 0.2) is 211 Å². The summed E-state index contributed by atoms with van der Waals surface area (Å²) >= 11 is 1.83. The Morgan fingerprint density at radius 1 is 0.446 bits per heavy atom. The third-order valence-electron chi connectivity index (χ3n) is 13.3. The number of hydrogen-bond donors (Lipinski definition) is 0. The molecule has 13 aromatic rings. The lowest BCUT2D eigenvalue weighted by Gasteiger charge is -2.11. The fourth-order valence-electron chi connectivity index (χ4n) is 10.3. The van der Waals surface area contributed by atoms with Gasteiger partial charge in [-0.05, 0) is 113 Å². The number of allylic oxidation sites excluding steroid dienone is 1. The highest BCUT2D eigenvalue weighted by molar-refractivity contribution is 7.20. The first-order chi connectivity index (χ1) is 32.1. The smallest absolute Gasteiger partial charge is 0.143 e. The molecule has 0 amide bonds. The Bertz CT molecular complexity index is 4080. The highest BCUT2D eigenvalue weighted by Gasteiger charge is 2.18. The van der Waals surface area contributed by atoms with Gasteiger partial charge in [-0.25, -0.2) is 0 Å². The maximum Gasteiger partial charge on any atom is 0.143 e. The summed E-state index contributed by atoms with van der Waals surface area (Å²) in [5.74, 6) is 0. The van der Waals surface area contributed by atoms with Crippen molar-refractivity contribution in [3.05, 3.63) is 217 Å². The number of hydrogen-bond acceptors (Lipinski definition) is 2. The van der Waals surface area contributed by atoms with Crippen molar-refractivity contribution in [3.8, 4) is 44.8 Å². The summed E-state index contributed by atoms with van der Waals surface area (Å²) < 4.78 is 12.5. The molecular weight excluding hydrogens is 809 g/mol. The van der Waals surface area contributed by atoms with Crippen LogP contribution in [0.3, 0.4) is 0 Å². The van der Waals surface area contributed by atoms with Crippen LogP contribution in [0.2, 0.25) is 0 Å². The quantitative estimate of drug-likeness (QED) is 0.157. The molecule has 0 aliphatic carbocycles. The average molecular weight is 849 g/mol. The van der Waals surface area contributed by atoms with Crippen molar-refractivity contribution in [2.24, 2.45) is 0 Å². The molecule has 9 aromatic carbocycles. The fraction of sp³-hybridized carbons (Fsp3) is 0.0164. The van der Waals surface area contributed by atoms with Crippen molar-refractivity contribution in [3.63, 3.8) is 0 Å². The highest BCUT2D eigenvalue weighted by atomic mass is 32.1. The topological polar surface area (TPSA) is 23.0 Å². The second-order valence-corrected chi connectivity index (χ2v) is 17.9. The van der Waals surface area contributed by atoms with Gasteiger partial charge in [0.1, 0.15) is 11.2 Å². The van der Waals surface area contributed by atoms with Gasteiger partial charge in [0, 0.05) is 64.2 Å². The first-order valence-corrected chi connectivity index (χ1v) is 23.0. The Balaban J connectivity index is 0.877. The van der Waals surface area contributed by atoms with Crippen molar-refractivity contribution < 1.29 is 4.42 Å². The van der Waals surface area contributed by atoms with Gasteiger partial charge < -0.3 is 13.6 Å². The van der Waals surface area contributed by atoms with Gasteiger partial charge in [0.05, 0.1) is 22.1 Å². The van der Waals surface area contributed by atoms with Gasteiger partial charge in [0.25, 0.3) is 0 Å². The summed E-state index contributed by atoms with van der Waals surface area (Å²) in [6.07, 6.45) is 6.27. The zero-order valence-corrected chi connectivity index (χ0v) is 36.4. The van der Waals surface area contributed by atoms with Crippen molar-refractivity contribution in [2.45, 2.75) is 6.92 Å². The van der Waals surface area contributed by atoms with Crippen LogP contribution in [-0.2, 0) is 0 Å². The first kappa shape index (κ1) is 37.4. The number of rotatable bonds is 7. The molecule has 0 radical (unpaired) electrons. The van der Waals surface area contributed by atoms with E-state index in [1.54, 1.807) is 0 Å². The van der Waals surface area contributed by atoms with E-state index in [0.29, 0.717) is 0 Å². The third kappa shape index (κ3) is 5.74. The minimum atomic E-state index is 0.912. The van der Waals surface area contributed by atoms with Crippen LogP contribution in [0.1, 0.15) is 17.4 Å². The monoisotopic (exact) mass is 848 g/mol. The fourth-order valence-corrected chi connectivity index (χ4v) is 11.6. The molecule has 0 fully saturated rings. The summed E-state index contributed by atoms with van der Waals surface area (Å²) in [5, 5.41) is 8.47. The van der Waals surface area contributed by atoms with Crippen LogP contribution >= 0.6 is 11.3 Å². The van der Waals surface area contributed by atoms with E-state index in [0.717, 1.165) is 44.4 Å². The molecule has 4 heteroatoms. The summed E-state index contributed by atoms with van der Waals surface area (Å²) in [6, 6.07) is 70.7. The normalized spacial score (nSPS) is 12.1. The van der Waals surface area contributed by atoms with E-state index in [-0.39, 0.29) is 0 Å². The van der Waals surface area contributed by atoms with E-state index < -0.39 is 0 Å². The lowest BCUT2D eigenvalue weighted by Crippen LogP contribution is -1.94. The Morgan fingerprint density at radius 2 is 0.938 bits per heavy atom. The minimum Gasteiger partial charge on any atom is -0.455 e. The predicted molar refractivity (Wildman–Crippen MR) is 279 cm³/mol. The molecular formula is C61H40N2OS. The molecule has 0 saturated heterocycles. The number of para-hydroxylation sites is 4. The number of nitrogens with zero attached hydrogens (tertiary/aromatic N) is 2. The Hall–Kier alpha value is -8.18. The van der Waals surface area contributed by atoms with Crippen LogP contribution in [0, 0.1) is 0 Å². The Morgan fingerprint density at radius 3 is 1.54 bits per heavy atom. The van der Waals surface area contributed by atoms with Gasteiger partial charge in [0.15, 0.2) is 0 Å². The lowest BCUT2D eigenvalue weighted by atomic mass is 10.0. The van der Waals surface area contributed by atoms with Crippen LogP contribution in [0.5, 0.6) is 0 Å². The summed E-state index contributed by atoms with van der Waals surface area (Å²) in [6.45, 7) is 6.20. The summed E-state index contributed by atoms with van der Waals surface area (Å²) in [7, 11) is 0. The average Bonchev–Trinajstić information content (AvgIpc) is 4.11. The van der Waals surface area contributed by atoms with E-state index in [1.165, 1.54) is 86.4 Å². The summed E-state index contributed by atoms with van der Waals surface area (Å²) in [4.78, 5) is 1.24. The number of fused-ring (bicyclic) bond motifs is 10. The molecule has 0 N–H and O–H groups in total. The van der Waals surface area contributed by atoms with Crippen molar-refractivity contribution in [1.82, 2.24) is 9.13 Å². The van der Waals surface area contributed by atoms with Gasteiger partial charge in [-0.3, -0.25) is 0 Å². The van der Waals surface area contributed by atoms with Crippen molar-refractivity contribution in [1.29, 1.82) is 0 Å². The first-order valence-electron chi connectivity index (χ1n) is 22.1. The van der Waals surface area contributed by atoms with Crippen molar-refractivity contribution in [2.75, 3.05) is 0 Å². The molecule has 3 nitrogen and oxygen atoms in total. The third-order valence-corrected chi connectivity index (χ3v) is 14.5. The standard InChI is InChI=1S/C61H40N2OS/c1-3-13-59-44(4-2)51-20-12-18-46(61(51)65-59)39-26-32-43(33-27-39)63-55-22-9-6-15-48(55)53-37-41(29-35-57(53)63)40-28-34-56-52(36-40)47-14-5-8-21-54(47)62(56)42-30-24-38(25-31-42)45-17-11-19-50-49-16-7-10-23-58(49)64-60(45)50/h3-37H,2H2,1H3/b13-3-. The molecule has 0 spiro atoms. The van der Waals surface area contributed by atoms with Gasteiger partial charge >= 0.3 is 0 Å². The zero-order chi connectivity index (χ0) is 43.2. The van der Waals surface area contributed by atoms with E-state index >= 15 is 0 Å². The largest absolute Gasteiger partial charge is 0.455 e. The van der Waals surface area contributed by atoms with Crippen LogP contribution in [0.4, 0.5) is 0 Å². The maximum atomic E-state index is 6.40. The highest BCUT2D eigenvalue weighted by Crippen LogP contribution is 2.42. The van der Waals surface area contributed by atoms with Gasteiger partial charge in [-0.2, -0.15) is 0 Å². The van der Waals surface area contributed by atoms with Crippen LogP contribution < -0.4 is 0 Å². The summed E-state index contributed by atoms with van der Waals surface area (Å²) in [5.41, 5.74) is 17.1. The molecule has 65 heavy (non-hydrogen) atoms. The SMILES string of the molecule is C=Cc1c(/C=C\C)sc2c(-c3ccc(-n4c5ccccc5c5cc(-c6ccc7c(c6)c6ccccc6n7-c6ccc(-c7cccc8c7oc7ccccc78)cc6)ccc54)cc3)cccc12. The second-order valence-electron chi connectivity index (χ2n) is 16.8. The molecule has 0 atom stereocenters. The predicted octanol–water partition coefficient (Wildman–Crippen LogP) is 17.7. The number of benzene rings is 9. The molecule has 13 rings (SSSR count). The molecule has 0 bridgehead atoms. The number of furan rings is 1. The molecule has 0 saturated carbocycles. The molecule has 0 aliphatic rings. The van der Waals surface area contributed by atoms with Crippen LogP contribution in [0.25, 0.3) is 133 Å². The Kier molecular flexibility index (Phi) is 8.45. The number of thiophene rings is 1. The van der Waals surface area contributed by atoms with E-state index in [1.807, 2.05) is 29.5 Å². The Labute approximate surface area is 379 Å². The van der Waals surface area contributed by atoms with Gasteiger partial charge in [0.2, 0.25) is 0 Å². The van der Waals surface area contributed by atoms with Gasteiger partial charge in [-0.15, -0.1) is 11.3 Å². The molecule has 4 aromatic heterocycles. The molecule has 4 heterocycles. The second kappa shape index (κ2) is 14.7. The molecule has 0 aliphatic heterocycles. The van der Waals surface area contributed by atoms with Gasteiger partial charge in [-0.1, -0.05) is 146 Å².